The molecule has 3 aromatic heterocycles. The molecule has 9 nitrogen and oxygen atoms in total. The molecule has 1 aliphatic rings. The van der Waals surface area contributed by atoms with Gasteiger partial charge in [0.15, 0.2) is 5.82 Å². The standard InChI is InChI=1S/C21H19FN8OS/c22-16-3-1-14(2-4-16)21-28-17(10-32-21)5-6-24-20(31)15-8-29(9-15)18-7-19(26-12-25-18)30-13-23-11-27-30/h1-4,7,10-13,15H,5-6,8-9H2,(H,24,31). The lowest BCUT2D eigenvalue weighted by atomic mass is 9.99. The Morgan fingerprint density at radius 1 is 1.16 bits per heavy atom. The number of carbonyl (C=O) groups excluding carboxylic acids is 1. The van der Waals surface area contributed by atoms with Crippen molar-refractivity contribution in [2.75, 3.05) is 24.5 Å². The molecular weight excluding hydrogens is 431 g/mol. The molecule has 1 saturated heterocycles. The molecule has 0 radical (unpaired) electrons. The van der Waals surface area contributed by atoms with E-state index in [9.17, 15) is 9.18 Å². The number of nitrogens with one attached hydrogen (secondary N) is 1. The highest BCUT2D eigenvalue weighted by Crippen LogP contribution is 2.25. The van der Waals surface area contributed by atoms with Gasteiger partial charge in [-0.2, -0.15) is 5.10 Å². The number of thiazole rings is 1. The highest BCUT2D eigenvalue weighted by atomic mass is 32.1. The van der Waals surface area contributed by atoms with Gasteiger partial charge in [0.1, 0.15) is 35.6 Å². The van der Waals surface area contributed by atoms with Gasteiger partial charge in [-0.3, -0.25) is 4.79 Å². The van der Waals surface area contributed by atoms with Crippen LogP contribution in [0.5, 0.6) is 0 Å². The molecule has 4 heterocycles. The summed E-state index contributed by atoms with van der Waals surface area (Å²) in [5.74, 6) is 1.07. The number of amides is 1. The molecule has 1 N–H and O–H groups in total. The van der Waals surface area contributed by atoms with E-state index in [1.807, 2.05) is 16.3 Å². The summed E-state index contributed by atoms with van der Waals surface area (Å²) in [7, 11) is 0. The molecule has 0 spiro atoms. The maximum atomic E-state index is 13.1. The SMILES string of the molecule is O=C(NCCc1csc(-c2ccc(F)cc2)n1)C1CN(c2cc(-n3cncn3)ncn2)C1. The Kier molecular flexibility index (Phi) is 5.55. The van der Waals surface area contributed by atoms with Crippen molar-refractivity contribution in [2.24, 2.45) is 5.92 Å². The molecule has 11 heteroatoms. The van der Waals surface area contributed by atoms with Crippen molar-refractivity contribution in [3.8, 4) is 16.4 Å². The zero-order valence-corrected chi connectivity index (χ0v) is 17.7. The first-order chi connectivity index (χ1) is 15.7. The summed E-state index contributed by atoms with van der Waals surface area (Å²) in [6.07, 6.45) is 5.14. The van der Waals surface area contributed by atoms with Gasteiger partial charge in [0, 0.05) is 43.1 Å². The molecule has 0 bridgehead atoms. The predicted molar refractivity (Wildman–Crippen MR) is 117 cm³/mol. The molecule has 32 heavy (non-hydrogen) atoms. The van der Waals surface area contributed by atoms with Crippen molar-refractivity contribution in [3.05, 3.63) is 66.2 Å². The van der Waals surface area contributed by atoms with Crippen molar-refractivity contribution < 1.29 is 9.18 Å². The quantitative estimate of drug-likeness (QED) is 0.460. The number of rotatable bonds is 7. The van der Waals surface area contributed by atoms with Gasteiger partial charge in [-0.25, -0.2) is 29.0 Å². The lowest BCUT2D eigenvalue weighted by molar-refractivity contribution is -0.125. The molecule has 162 valence electrons. The largest absolute Gasteiger partial charge is 0.355 e. The molecule has 0 atom stereocenters. The van der Waals surface area contributed by atoms with Gasteiger partial charge in [0.25, 0.3) is 0 Å². The van der Waals surface area contributed by atoms with E-state index in [1.54, 1.807) is 23.1 Å². The van der Waals surface area contributed by atoms with E-state index in [2.05, 4.69) is 30.4 Å². The van der Waals surface area contributed by atoms with E-state index in [-0.39, 0.29) is 17.6 Å². The molecule has 0 unspecified atom stereocenters. The minimum absolute atomic E-state index is 0.0285. The van der Waals surface area contributed by atoms with Gasteiger partial charge in [-0.1, -0.05) is 0 Å². The van der Waals surface area contributed by atoms with Crippen molar-refractivity contribution in [1.82, 2.24) is 35.0 Å². The average molecular weight is 451 g/mol. The molecule has 1 amide bonds. The van der Waals surface area contributed by atoms with Crippen molar-refractivity contribution in [2.45, 2.75) is 6.42 Å². The number of carbonyl (C=O) groups is 1. The van der Waals surface area contributed by atoms with Crippen LogP contribution < -0.4 is 10.2 Å². The lowest BCUT2D eigenvalue weighted by Crippen LogP contribution is -2.54. The highest BCUT2D eigenvalue weighted by molar-refractivity contribution is 7.13. The fourth-order valence-electron chi connectivity index (χ4n) is 3.40. The number of aromatic nitrogens is 6. The number of benzene rings is 1. The van der Waals surface area contributed by atoms with Gasteiger partial charge < -0.3 is 10.2 Å². The molecule has 0 saturated carbocycles. The van der Waals surface area contributed by atoms with Crippen LogP contribution in [0.2, 0.25) is 0 Å². The van der Waals surface area contributed by atoms with Gasteiger partial charge in [-0.05, 0) is 24.3 Å². The number of halogens is 1. The van der Waals surface area contributed by atoms with E-state index in [0.717, 1.165) is 22.1 Å². The number of hydrogen-bond acceptors (Lipinski definition) is 8. The highest BCUT2D eigenvalue weighted by Gasteiger charge is 2.33. The van der Waals surface area contributed by atoms with E-state index in [4.69, 9.17) is 0 Å². The fraction of sp³-hybridized carbons (Fsp3) is 0.238. The Morgan fingerprint density at radius 2 is 1.97 bits per heavy atom. The van der Waals surface area contributed by atoms with E-state index in [1.165, 1.54) is 36.1 Å². The van der Waals surface area contributed by atoms with Gasteiger partial charge >= 0.3 is 0 Å². The molecule has 1 fully saturated rings. The summed E-state index contributed by atoms with van der Waals surface area (Å²) >= 11 is 1.51. The van der Waals surface area contributed by atoms with E-state index >= 15 is 0 Å². The van der Waals surface area contributed by atoms with Crippen LogP contribution in [0.15, 0.2) is 54.7 Å². The van der Waals surface area contributed by atoms with Crippen molar-refractivity contribution >= 4 is 23.1 Å². The summed E-state index contributed by atoms with van der Waals surface area (Å²) in [6, 6.07) is 8.11. The normalized spacial score (nSPS) is 13.7. The van der Waals surface area contributed by atoms with Crippen LogP contribution in [-0.2, 0) is 11.2 Å². The number of nitrogens with zero attached hydrogens (tertiary/aromatic N) is 7. The van der Waals surface area contributed by atoms with E-state index < -0.39 is 0 Å². The van der Waals surface area contributed by atoms with Crippen LogP contribution >= 0.6 is 11.3 Å². The Morgan fingerprint density at radius 3 is 2.75 bits per heavy atom. The Hall–Kier alpha value is -3.73. The fourth-order valence-corrected chi connectivity index (χ4v) is 4.26. The van der Waals surface area contributed by atoms with Crippen LogP contribution in [0.25, 0.3) is 16.4 Å². The maximum Gasteiger partial charge on any atom is 0.226 e. The molecule has 5 rings (SSSR count). The van der Waals surface area contributed by atoms with Crippen LogP contribution in [0, 0.1) is 11.7 Å². The molecule has 0 aliphatic carbocycles. The summed E-state index contributed by atoms with van der Waals surface area (Å²) in [5, 5.41) is 9.87. The second-order valence-corrected chi connectivity index (χ2v) is 8.23. The Labute approximate surface area is 187 Å². The smallest absolute Gasteiger partial charge is 0.226 e. The minimum Gasteiger partial charge on any atom is -0.355 e. The Bertz CT molecular complexity index is 1200. The first-order valence-electron chi connectivity index (χ1n) is 10.1. The van der Waals surface area contributed by atoms with Gasteiger partial charge in [-0.15, -0.1) is 11.3 Å². The average Bonchev–Trinajstić information content (AvgIpc) is 3.46. The number of anilines is 1. The Balaban J connectivity index is 1.09. The first-order valence-corrected chi connectivity index (χ1v) is 10.9. The van der Waals surface area contributed by atoms with Crippen LogP contribution in [0.4, 0.5) is 10.2 Å². The van der Waals surface area contributed by atoms with Crippen molar-refractivity contribution in [3.63, 3.8) is 0 Å². The van der Waals surface area contributed by atoms with Gasteiger partial charge in [0.2, 0.25) is 5.91 Å². The monoisotopic (exact) mass is 450 g/mol. The molecular formula is C21H19FN8OS. The molecule has 1 aliphatic heterocycles. The zero-order chi connectivity index (χ0) is 21.9. The maximum absolute atomic E-state index is 13.1. The predicted octanol–water partition coefficient (Wildman–Crippen LogP) is 2.11. The third kappa shape index (κ3) is 4.33. The topological polar surface area (TPSA) is 102 Å². The zero-order valence-electron chi connectivity index (χ0n) is 16.9. The third-order valence-corrected chi connectivity index (χ3v) is 6.13. The third-order valence-electron chi connectivity index (χ3n) is 5.19. The summed E-state index contributed by atoms with van der Waals surface area (Å²) < 4.78 is 14.6. The van der Waals surface area contributed by atoms with Crippen LogP contribution in [0.3, 0.4) is 0 Å². The number of hydrogen-bond donors (Lipinski definition) is 1. The second-order valence-electron chi connectivity index (χ2n) is 7.37. The summed E-state index contributed by atoms with van der Waals surface area (Å²) in [6.45, 7) is 1.72. The van der Waals surface area contributed by atoms with Gasteiger partial charge in [0.05, 0.1) is 11.6 Å². The van der Waals surface area contributed by atoms with Crippen molar-refractivity contribution in [1.29, 1.82) is 0 Å². The first kappa shape index (κ1) is 20.2. The van der Waals surface area contributed by atoms with Crippen LogP contribution in [0.1, 0.15) is 5.69 Å². The van der Waals surface area contributed by atoms with E-state index in [0.29, 0.717) is 31.9 Å². The molecule has 4 aromatic rings. The second kappa shape index (κ2) is 8.79. The van der Waals surface area contributed by atoms with Crippen LogP contribution in [-0.4, -0.2) is 55.3 Å². The molecule has 1 aromatic carbocycles. The summed E-state index contributed by atoms with van der Waals surface area (Å²) in [4.78, 5) is 31.5. The lowest BCUT2D eigenvalue weighted by Gasteiger charge is -2.39. The summed E-state index contributed by atoms with van der Waals surface area (Å²) in [5.41, 5.74) is 1.80. The minimum atomic E-state index is -0.266.